The summed E-state index contributed by atoms with van der Waals surface area (Å²) in [6.07, 6.45) is 9.88. The van der Waals surface area contributed by atoms with Crippen LogP contribution in [0.15, 0.2) is 0 Å². The number of rotatable bonds is 4. The summed E-state index contributed by atoms with van der Waals surface area (Å²) in [6.45, 7) is 6.90. The predicted molar refractivity (Wildman–Crippen MR) is 83.5 cm³/mol. The number of halogens is 1. The lowest BCUT2D eigenvalue weighted by atomic mass is 9.83. The highest BCUT2D eigenvalue weighted by molar-refractivity contribution is 6.18. The Morgan fingerprint density at radius 1 is 0.950 bits per heavy atom. The van der Waals surface area contributed by atoms with E-state index in [1.54, 1.807) is 0 Å². The van der Waals surface area contributed by atoms with Gasteiger partial charge in [0.15, 0.2) is 0 Å². The van der Waals surface area contributed by atoms with Crippen LogP contribution in [-0.2, 0) is 4.74 Å². The third kappa shape index (κ3) is 3.68. The zero-order chi connectivity index (χ0) is 13.8. The van der Waals surface area contributed by atoms with Crippen molar-refractivity contribution >= 4 is 11.6 Å². The average molecular weight is 301 g/mol. The first kappa shape index (κ1) is 15.1. The van der Waals surface area contributed by atoms with Crippen molar-refractivity contribution in [2.45, 2.75) is 56.7 Å². The van der Waals surface area contributed by atoms with Gasteiger partial charge in [0.2, 0.25) is 0 Å². The zero-order valence-corrected chi connectivity index (χ0v) is 13.4. The van der Waals surface area contributed by atoms with Crippen molar-refractivity contribution in [2.75, 3.05) is 45.1 Å². The topological polar surface area (TPSA) is 15.7 Å². The first-order chi connectivity index (χ1) is 9.80. The van der Waals surface area contributed by atoms with Crippen LogP contribution < -0.4 is 0 Å². The summed E-state index contributed by atoms with van der Waals surface area (Å²) in [6, 6.07) is 0. The molecule has 3 fully saturated rings. The van der Waals surface area contributed by atoms with Crippen LogP contribution in [0.4, 0.5) is 0 Å². The lowest BCUT2D eigenvalue weighted by Gasteiger charge is -2.37. The second-order valence-electron chi connectivity index (χ2n) is 6.85. The molecule has 1 aliphatic carbocycles. The molecular formula is C16H29ClN2O. The van der Waals surface area contributed by atoms with Crippen molar-refractivity contribution in [3.8, 4) is 0 Å². The maximum atomic E-state index is 6.49. The maximum Gasteiger partial charge on any atom is 0.0710 e. The molecule has 2 aliphatic heterocycles. The molecule has 0 aromatic carbocycles. The highest BCUT2D eigenvalue weighted by Gasteiger charge is 2.41. The second-order valence-corrected chi connectivity index (χ2v) is 7.23. The van der Waals surface area contributed by atoms with Gasteiger partial charge in [-0.15, -0.1) is 11.6 Å². The minimum absolute atomic E-state index is 0.281. The van der Waals surface area contributed by atoms with Gasteiger partial charge in [-0.2, -0.15) is 0 Å². The Kier molecular flexibility index (Phi) is 5.24. The third-order valence-electron chi connectivity index (χ3n) is 5.43. The van der Waals surface area contributed by atoms with E-state index in [1.807, 2.05) is 0 Å². The van der Waals surface area contributed by atoms with Gasteiger partial charge >= 0.3 is 0 Å². The fourth-order valence-corrected chi connectivity index (χ4v) is 4.43. The molecule has 20 heavy (non-hydrogen) atoms. The normalized spacial score (nSPS) is 31.9. The molecule has 0 bridgehead atoms. The number of nitrogens with zero attached hydrogens (tertiary/aromatic N) is 2. The van der Waals surface area contributed by atoms with Gasteiger partial charge in [0.1, 0.15) is 0 Å². The van der Waals surface area contributed by atoms with Gasteiger partial charge < -0.3 is 4.74 Å². The molecule has 0 N–H and O–H groups in total. The van der Waals surface area contributed by atoms with Gasteiger partial charge in [-0.3, -0.25) is 9.80 Å². The zero-order valence-electron chi connectivity index (χ0n) is 12.7. The van der Waals surface area contributed by atoms with Crippen LogP contribution in [0.5, 0.6) is 0 Å². The van der Waals surface area contributed by atoms with E-state index in [0.29, 0.717) is 6.10 Å². The van der Waals surface area contributed by atoms with Gasteiger partial charge in [0.25, 0.3) is 0 Å². The molecule has 2 heterocycles. The fourth-order valence-electron chi connectivity index (χ4n) is 4.19. The lowest BCUT2D eigenvalue weighted by Crippen LogP contribution is -2.49. The Morgan fingerprint density at radius 2 is 1.65 bits per heavy atom. The van der Waals surface area contributed by atoms with E-state index in [-0.39, 0.29) is 5.60 Å². The Hall–Kier alpha value is 0.170. The summed E-state index contributed by atoms with van der Waals surface area (Å²) in [5.41, 5.74) is 0.281. The van der Waals surface area contributed by atoms with E-state index < -0.39 is 0 Å². The highest BCUT2D eigenvalue weighted by Crippen LogP contribution is 2.42. The minimum atomic E-state index is 0.281. The molecule has 1 spiro atoms. The monoisotopic (exact) mass is 300 g/mol. The van der Waals surface area contributed by atoms with Crippen molar-refractivity contribution in [3.63, 3.8) is 0 Å². The van der Waals surface area contributed by atoms with E-state index in [0.717, 1.165) is 19.0 Å². The predicted octanol–water partition coefficient (Wildman–Crippen LogP) is 2.72. The summed E-state index contributed by atoms with van der Waals surface area (Å²) in [4.78, 5) is 5.07. The molecule has 0 aromatic heterocycles. The molecule has 0 aromatic rings. The Balaban J connectivity index is 1.41. The van der Waals surface area contributed by atoms with Crippen molar-refractivity contribution in [3.05, 3.63) is 0 Å². The van der Waals surface area contributed by atoms with Crippen LogP contribution >= 0.6 is 11.6 Å². The SMILES string of the molecule is ClCCN1CCN(CC2CCC3(CCCCC3)O2)CC1. The second kappa shape index (κ2) is 6.95. The fraction of sp³-hybridized carbons (Fsp3) is 1.00. The van der Waals surface area contributed by atoms with Gasteiger partial charge in [-0.25, -0.2) is 0 Å². The number of alkyl halides is 1. The van der Waals surface area contributed by atoms with E-state index in [1.165, 1.54) is 71.1 Å². The molecular weight excluding hydrogens is 272 g/mol. The molecule has 0 radical (unpaired) electrons. The van der Waals surface area contributed by atoms with Gasteiger partial charge in [-0.05, 0) is 25.7 Å². The lowest BCUT2D eigenvalue weighted by molar-refractivity contribution is -0.0741. The Morgan fingerprint density at radius 3 is 2.35 bits per heavy atom. The molecule has 3 nitrogen and oxygen atoms in total. The van der Waals surface area contributed by atoms with Crippen LogP contribution in [0, 0.1) is 0 Å². The quantitative estimate of drug-likeness (QED) is 0.743. The van der Waals surface area contributed by atoms with Crippen LogP contribution in [0.3, 0.4) is 0 Å². The van der Waals surface area contributed by atoms with E-state index in [4.69, 9.17) is 16.3 Å². The Labute approximate surface area is 128 Å². The van der Waals surface area contributed by atoms with Crippen molar-refractivity contribution in [2.24, 2.45) is 0 Å². The van der Waals surface area contributed by atoms with Gasteiger partial charge in [-0.1, -0.05) is 19.3 Å². The number of hydrogen-bond acceptors (Lipinski definition) is 3. The van der Waals surface area contributed by atoms with Crippen molar-refractivity contribution in [1.82, 2.24) is 9.80 Å². The van der Waals surface area contributed by atoms with Crippen molar-refractivity contribution in [1.29, 1.82) is 0 Å². The van der Waals surface area contributed by atoms with Crippen LogP contribution in [0.1, 0.15) is 44.9 Å². The summed E-state index contributed by atoms with van der Waals surface area (Å²) in [5, 5.41) is 0. The third-order valence-corrected chi connectivity index (χ3v) is 5.60. The molecule has 116 valence electrons. The van der Waals surface area contributed by atoms with Crippen molar-refractivity contribution < 1.29 is 4.74 Å². The molecule has 3 aliphatic rings. The van der Waals surface area contributed by atoms with Crippen LogP contribution in [0.2, 0.25) is 0 Å². The largest absolute Gasteiger partial charge is 0.370 e. The standard InChI is InChI=1S/C16H29ClN2O/c17-8-9-18-10-12-19(13-11-18)14-15-4-7-16(20-15)5-2-1-3-6-16/h15H,1-14H2. The van der Waals surface area contributed by atoms with Crippen LogP contribution in [-0.4, -0.2) is 66.7 Å². The summed E-state index contributed by atoms with van der Waals surface area (Å²) in [7, 11) is 0. The van der Waals surface area contributed by atoms with Gasteiger partial charge in [0.05, 0.1) is 11.7 Å². The minimum Gasteiger partial charge on any atom is -0.370 e. The number of ether oxygens (including phenoxy) is 1. The molecule has 4 heteroatoms. The molecule has 1 atom stereocenters. The highest BCUT2D eigenvalue weighted by atomic mass is 35.5. The van der Waals surface area contributed by atoms with E-state index >= 15 is 0 Å². The summed E-state index contributed by atoms with van der Waals surface area (Å²) in [5.74, 6) is 0.758. The first-order valence-corrected chi connectivity index (χ1v) is 9.02. The Bertz CT molecular complexity index is 299. The number of piperazine rings is 1. The smallest absolute Gasteiger partial charge is 0.0710 e. The molecule has 0 amide bonds. The molecule has 1 unspecified atom stereocenters. The maximum absolute atomic E-state index is 6.49. The summed E-state index contributed by atoms with van der Waals surface area (Å²) < 4.78 is 6.49. The molecule has 1 saturated carbocycles. The average Bonchev–Trinajstić information content (AvgIpc) is 2.85. The van der Waals surface area contributed by atoms with Crippen LogP contribution in [0.25, 0.3) is 0 Å². The molecule has 2 saturated heterocycles. The first-order valence-electron chi connectivity index (χ1n) is 8.48. The van der Waals surface area contributed by atoms with E-state index in [2.05, 4.69) is 9.80 Å². The molecule has 3 rings (SSSR count). The van der Waals surface area contributed by atoms with E-state index in [9.17, 15) is 0 Å². The number of hydrogen-bond donors (Lipinski definition) is 0. The van der Waals surface area contributed by atoms with Gasteiger partial charge in [0, 0.05) is 45.1 Å². The summed E-state index contributed by atoms with van der Waals surface area (Å²) >= 11 is 5.82.